The van der Waals surface area contributed by atoms with Crippen molar-refractivity contribution >= 4 is 44.2 Å². The summed E-state index contributed by atoms with van der Waals surface area (Å²) in [5.41, 5.74) is 10.5. The van der Waals surface area contributed by atoms with E-state index in [2.05, 4.69) is 26.9 Å². The van der Waals surface area contributed by atoms with Crippen molar-refractivity contribution in [3.05, 3.63) is 30.0 Å². The molecule has 0 bridgehead atoms. The molecule has 2 atom stereocenters. The van der Waals surface area contributed by atoms with Crippen molar-refractivity contribution in [1.29, 1.82) is 0 Å². The smallest absolute Gasteiger partial charge is 0.232 e. The molecule has 0 amide bonds. The minimum atomic E-state index is -3.37. The van der Waals surface area contributed by atoms with Gasteiger partial charge < -0.3 is 20.3 Å². The van der Waals surface area contributed by atoms with Crippen molar-refractivity contribution < 1.29 is 13.2 Å². The van der Waals surface area contributed by atoms with E-state index in [0.717, 1.165) is 69.0 Å². The van der Waals surface area contributed by atoms with Crippen molar-refractivity contribution in [2.24, 2.45) is 11.1 Å². The zero-order chi connectivity index (χ0) is 25.9. The fourth-order valence-corrected chi connectivity index (χ4v) is 6.60. The Bertz CT molecular complexity index is 1430. The molecule has 3 aromatic rings. The van der Waals surface area contributed by atoms with Gasteiger partial charge in [0.05, 0.1) is 30.9 Å². The van der Waals surface area contributed by atoms with E-state index in [-0.39, 0.29) is 17.6 Å². The van der Waals surface area contributed by atoms with Crippen LogP contribution in [0.3, 0.4) is 0 Å². The van der Waals surface area contributed by atoms with Crippen LogP contribution in [0.4, 0.5) is 23.0 Å². The van der Waals surface area contributed by atoms with E-state index < -0.39 is 10.0 Å². The van der Waals surface area contributed by atoms with Crippen molar-refractivity contribution in [2.75, 3.05) is 53.6 Å². The Labute approximate surface area is 217 Å². The molecular formula is C25H34N8O3S. The van der Waals surface area contributed by atoms with Gasteiger partial charge in [-0.25, -0.2) is 18.4 Å². The van der Waals surface area contributed by atoms with Gasteiger partial charge in [-0.1, -0.05) is 6.07 Å². The number of ether oxygens (including phenoxy) is 1. The molecule has 0 saturated carbocycles. The molecule has 5 heterocycles. The number of nitrogens with one attached hydrogen (secondary N) is 1. The van der Waals surface area contributed by atoms with Crippen molar-refractivity contribution in [3.8, 4) is 0 Å². The molecular weight excluding hydrogens is 492 g/mol. The number of aromatic nitrogens is 4. The molecule has 1 spiro atoms. The summed E-state index contributed by atoms with van der Waals surface area (Å²) in [6.45, 7) is 5.28. The van der Waals surface area contributed by atoms with Crippen LogP contribution in [0.15, 0.2) is 24.4 Å². The van der Waals surface area contributed by atoms with Crippen LogP contribution >= 0.6 is 0 Å². The number of piperidine rings is 1. The normalized spacial score (nSPS) is 23.6. The summed E-state index contributed by atoms with van der Waals surface area (Å²) in [4.78, 5) is 14.0. The van der Waals surface area contributed by atoms with Gasteiger partial charge in [-0.15, -0.1) is 0 Å². The zero-order valence-corrected chi connectivity index (χ0v) is 22.3. The zero-order valence-electron chi connectivity index (χ0n) is 21.5. The Kier molecular flexibility index (Phi) is 5.81. The molecule has 2 fully saturated rings. The summed E-state index contributed by atoms with van der Waals surface area (Å²) in [7, 11) is -1.78. The number of nitrogens with zero attached hydrogens (tertiary/aromatic N) is 6. The number of aromatic amines is 1. The minimum Gasteiger partial charge on any atom is -0.376 e. The van der Waals surface area contributed by atoms with E-state index in [1.54, 1.807) is 7.05 Å². The molecule has 37 heavy (non-hydrogen) atoms. The third kappa shape index (κ3) is 4.02. The Morgan fingerprint density at radius 1 is 1.24 bits per heavy atom. The Balaban J connectivity index is 1.27. The van der Waals surface area contributed by atoms with Gasteiger partial charge in [0.2, 0.25) is 10.0 Å². The summed E-state index contributed by atoms with van der Waals surface area (Å²) in [5.74, 6) is 1.53. The number of fused-ring (bicyclic) bond motifs is 2. The third-order valence-electron chi connectivity index (χ3n) is 8.49. The summed E-state index contributed by atoms with van der Waals surface area (Å²) >= 11 is 0. The first kappa shape index (κ1) is 24.4. The van der Waals surface area contributed by atoms with Crippen LogP contribution < -0.4 is 19.8 Å². The third-order valence-corrected chi connectivity index (χ3v) is 9.68. The highest BCUT2D eigenvalue weighted by Crippen LogP contribution is 2.42. The molecule has 2 saturated heterocycles. The van der Waals surface area contributed by atoms with Crippen molar-refractivity contribution in [2.45, 2.75) is 44.8 Å². The Hall–Kier alpha value is -2.96. The lowest BCUT2D eigenvalue weighted by atomic mass is 9.73. The molecule has 0 unspecified atom stereocenters. The van der Waals surface area contributed by atoms with Crippen molar-refractivity contribution in [3.63, 3.8) is 0 Å². The quantitative estimate of drug-likeness (QED) is 0.524. The predicted molar refractivity (Wildman–Crippen MR) is 144 cm³/mol. The van der Waals surface area contributed by atoms with Crippen LogP contribution in [-0.2, 0) is 21.2 Å². The first-order valence-electron chi connectivity index (χ1n) is 12.8. The highest BCUT2D eigenvalue weighted by atomic mass is 32.2. The van der Waals surface area contributed by atoms with Crippen molar-refractivity contribution in [1.82, 2.24) is 20.2 Å². The first-order chi connectivity index (χ1) is 17.7. The highest BCUT2D eigenvalue weighted by Gasteiger charge is 2.47. The van der Waals surface area contributed by atoms with E-state index in [1.165, 1.54) is 10.6 Å². The van der Waals surface area contributed by atoms with Gasteiger partial charge in [-0.2, -0.15) is 5.10 Å². The monoisotopic (exact) mass is 526 g/mol. The topological polar surface area (TPSA) is 134 Å². The maximum atomic E-state index is 12.2. The number of benzene rings is 1. The largest absolute Gasteiger partial charge is 0.376 e. The lowest BCUT2D eigenvalue weighted by Crippen LogP contribution is -2.50. The average molecular weight is 527 g/mol. The van der Waals surface area contributed by atoms with Crippen LogP contribution in [0.2, 0.25) is 0 Å². The Morgan fingerprint density at radius 2 is 2.03 bits per heavy atom. The maximum Gasteiger partial charge on any atom is 0.232 e. The van der Waals surface area contributed by atoms with Gasteiger partial charge in [0.15, 0.2) is 17.0 Å². The fraction of sp³-hybridized carbons (Fsp3) is 0.560. The predicted octanol–water partition coefficient (Wildman–Crippen LogP) is 2.17. The lowest BCUT2D eigenvalue weighted by molar-refractivity contribution is 0.0974. The van der Waals surface area contributed by atoms with Crippen LogP contribution in [-0.4, -0.2) is 80.3 Å². The number of nitrogens with two attached hydrogens (primary N) is 1. The molecule has 0 aliphatic carbocycles. The molecule has 3 aliphatic rings. The number of H-pyrrole nitrogens is 1. The molecule has 1 aromatic carbocycles. The summed E-state index contributed by atoms with van der Waals surface area (Å²) in [6.07, 6.45) is 6.77. The van der Waals surface area contributed by atoms with Gasteiger partial charge in [0.1, 0.15) is 5.82 Å². The van der Waals surface area contributed by atoms with Crippen LogP contribution in [0.25, 0.3) is 11.2 Å². The number of hydrogen-bond acceptors (Lipinski definition) is 9. The van der Waals surface area contributed by atoms with E-state index >= 15 is 0 Å². The summed E-state index contributed by atoms with van der Waals surface area (Å²) < 4.78 is 31.7. The SMILES string of the molecule is C[C@@H]1OCC2(CCN(c3cnc4c(N5CCCc6c5cccc6N(C)S(C)(=O)=O)n[nH]c4n3)CC2)[C@@H]1N. The summed E-state index contributed by atoms with van der Waals surface area (Å²) in [6, 6.07) is 5.83. The van der Waals surface area contributed by atoms with Gasteiger partial charge in [-0.05, 0) is 44.7 Å². The number of rotatable bonds is 4. The van der Waals surface area contributed by atoms with E-state index in [0.29, 0.717) is 22.7 Å². The number of hydrogen-bond donors (Lipinski definition) is 2. The minimum absolute atomic E-state index is 0.0558. The average Bonchev–Trinajstić information content (AvgIpc) is 3.44. The molecule has 0 radical (unpaired) electrons. The molecule has 6 rings (SSSR count). The van der Waals surface area contributed by atoms with Gasteiger partial charge >= 0.3 is 0 Å². The molecule has 198 valence electrons. The van der Waals surface area contributed by atoms with Gasteiger partial charge in [0, 0.05) is 49.4 Å². The molecule has 11 nitrogen and oxygen atoms in total. The lowest BCUT2D eigenvalue weighted by Gasteiger charge is -2.41. The highest BCUT2D eigenvalue weighted by molar-refractivity contribution is 7.92. The second kappa shape index (κ2) is 8.81. The van der Waals surface area contributed by atoms with E-state index in [9.17, 15) is 8.42 Å². The first-order valence-corrected chi connectivity index (χ1v) is 14.7. The Morgan fingerprint density at radius 3 is 2.73 bits per heavy atom. The van der Waals surface area contributed by atoms with Crippen LogP contribution in [0.1, 0.15) is 31.7 Å². The molecule has 3 N–H and O–H groups in total. The second-order valence-corrected chi connectivity index (χ2v) is 12.6. The standard InChI is InChI=1S/C25H34N8O3S/c1-16-22(26)25(15-36-16)9-12-32(13-10-25)20-14-27-21-23(28-20)29-30-24(21)33-11-5-6-17-18(7-4-8-19(17)33)31(2)37(3,34)35/h4,7-8,14,16,22H,5-6,9-13,15,26H2,1-3H3,(H,28,29,30)/t16-,22+/m0/s1. The van der Waals surface area contributed by atoms with Crippen LogP contribution in [0.5, 0.6) is 0 Å². The molecule has 3 aliphatic heterocycles. The number of anilines is 4. The number of sulfonamides is 1. The molecule has 2 aromatic heterocycles. The van der Waals surface area contributed by atoms with E-state index in [4.69, 9.17) is 20.4 Å². The second-order valence-electron chi connectivity index (χ2n) is 10.6. The fourth-order valence-electron chi connectivity index (χ4n) is 6.07. The maximum absolute atomic E-state index is 12.2. The van der Waals surface area contributed by atoms with Crippen LogP contribution in [0, 0.1) is 5.41 Å². The van der Waals surface area contributed by atoms with Gasteiger partial charge in [0.25, 0.3) is 0 Å². The van der Waals surface area contributed by atoms with E-state index in [1.807, 2.05) is 24.4 Å². The van der Waals surface area contributed by atoms with Gasteiger partial charge in [-0.3, -0.25) is 9.40 Å². The summed E-state index contributed by atoms with van der Waals surface area (Å²) in [5, 5.41) is 7.68. The molecule has 12 heteroatoms.